The van der Waals surface area contributed by atoms with E-state index in [-0.39, 0.29) is 25.0 Å². The number of amides is 1. The Balaban J connectivity index is 2.03. The Bertz CT molecular complexity index is 243. The summed E-state index contributed by atoms with van der Waals surface area (Å²) in [5, 5.41) is 19.6. The van der Waals surface area contributed by atoms with E-state index in [0.29, 0.717) is 19.6 Å². The summed E-state index contributed by atoms with van der Waals surface area (Å²) < 4.78 is 4.93. The lowest BCUT2D eigenvalue weighted by Gasteiger charge is -2.04. The fourth-order valence-electron chi connectivity index (χ4n) is 1.30. The van der Waals surface area contributed by atoms with Gasteiger partial charge in [-0.1, -0.05) is 0 Å². The van der Waals surface area contributed by atoms with E-state index in [4.69, 9.17) is 14.9 Å². The normalized spacial score (nSPS) is 23.5. The molecule has 15 heavy (non-hydrogen) atoms. The summed E-state index contributed by atoms with van der Waals surface area (Å²) in [5.74, 6) is -2.02. The number of carboxylic acids is 1. The third-order valence-electron chi connectivity index (χ3n) is 2.23. The van der Waals surface area contributed by atoms with Gasteiger partial charge in [-0.15, -0.1) is 0 Å². The number of carbonyl (C=O) groups is 2. The van der Waals surface area contributed by atoms with Crippen LogP contribution in [0.5, 0.6) is 0 Å². The molecule has 1 fully saturated rings. The summed E-state index contributed by atoms with van der Waals surface area (Å²) in [7, 11) is 0. The largest absolute Gasteiger partial charge is 0.481 e. The molecule has 86 valence electrons. The van der Waals surface area contributed by atoms with Crippen LogP contribution in [-0.2, 0) is 14.3 Å². The van der Waals surface area contributed by atoms with Gasteiger partial charge >= 0.3 is 5.97 Å². The fourth-order valence-corrected chi connectivity index (χ4v) is 1.30. The molecule has 0 aromatic rings. The van der Waals surface area contributed by atoms with E-state index in [9.17, 15) is 9.59 Å². The maximum atomic E-state index is 11.3. The Morgan fingerprint density at radius 3 is 2.60 bits per heavy atom. The van der Waals surface area contributed by atoms with Crippen LogP contribution in [0.1, 0.15) is 6.42 Å². The summed E-state index contributed by atoms with van der Waals surface area (Å²) >= 11 is 0. The van der Waals surface area contributed by atoms with Crippen molar-refractivity contribution in [2.45, 2.75) is 6.42 Å². The van der Waals surface area contributed by atoms with Crippen LogP contribution < -0.4 is 5.32 Å². The van der Waals surface area contributed by atoms with E-state index >= 15 is 0 Å². The number of hydrogen-bond acceptors (Lipinski definition) is 4. The molecule has 0 heterocycles. The van der Waals surface area contributed by atoms with Crippen LogP contribution >= 0.6 is 0 Å². The molecule has 1 aliphatic rings. The maximum absolute atomic E-state index is 11.3. The maximum Gasteiger partial charge on any atom is 0.307 e. The molecule has 0 aromatic carbocycles. The molecule has 0 saturated heterocycles. The molecule has 3 N–H and O–H groups in total. The van der Waals surface area contributed by atoms with E-state index < -0.39 is 11.9 Å². The van der Waals surface area contributed by atoms with E-state index in [1.807, 2.05) is 0 Å². The summed E-state index contributed by atoms with van der Waals surface area (Å²) in [5.41, 5.74) is 0. The second-order valence-corrected chi connectivity index (χ2v) is 3.41. The van der Waals surface area contributed by atoms with Crippen molar-refractivity contribution < 1.29 is 24.5 Å². The van der Waals surface area contributed by atoms with E-state index in [0.717, 1.165) is 0 Å². The number of hydrogen-bond donors (Lipinski definition) is 3. The molecule has 1 amide bonds. The number of ether oxygens (including phenoxy) is 1. The first-order chi connectivity index (χ1) is 7.16. The molecular formula is C9H15NO5. The van der Waals surface area contributed by atoms with Crippen LogP contribution in [0.4, 0.5) is 0 Å². The lowest BCUT2D eigenvalue weighted by atomic mass is 10.3. The number of carbonyl (C=O) groups excluding carboxylic acids is 1. The second-order valence-electron chi connectivity index (χ2n) is 3.41. The number of aliphatic hydroxyl groups is 1. The Labute approximate surface area is 87.2 Å². The standard InChI is InChI=1S/C9H15NO5/c11-2-4-15-3-1-10-8(12)6-5-7(6)9(13)14/h6-7,11H,1-5H2,(H,10,12)(H,13,14). The summed E-state index contributed by atoms with van der Waals surface area (Å²) in [6.45, 7) is 0.882. The average molecular weight is 217 g/mol. The zero-order valence-electron chi connectivity index (χ0n) is 8.31. The van der Waals surface area contributed by atoms with Crippen LogP contribution in [0.2, 0.25) is 0 Å². The molecule has 6 nitrogen and oxygen atoms in total. The first-order valence-corrected chi connectivity index (χ1v) is 4.86. The minimum atomic E-state index is -0.910. The number of carboxylic acid groups (broad SMARTS) is 1. The molecule has 0 spiro atoms. The minimum Gasteiger partial charge on any atom is -0.481 e. The Morgan fingerprint density at radius 1 is 1.33 bits per heavy atom. The number of aliphatic hydroxyl groups excluding tert-OH is 1. The van der Waals surface area contributed by atoms with Gasteiger partial charge in [0.2, 0.25) is 5.91 Å². The molecule has 0 bridgehead atoms. The van der Waals surface area contributed by atoms with Crippen molar-refractivity contribution >= 4 is 11.9 Å². The van der Waals surface area contributed by atoms with Crippen LogP contribution in [-0.4, -0.2) is 48.5 Å². The van der Waals surface area contributed by atoms with Crippen LogP contribution in [0.15, 0.2) is 0 Å². The van der Waals surface area contributed by atoms with Crippen molar-refractivity contribution in [2.75, 3.05) is 26.4 Å². The van der Waals surface area contributed by atoms with Crippen LogP contribution in [0, 0.1) is 11.8 Å². The third-order valence-corrected chi connectivity index (χ3v) is 2.23. The second kappa shape index (κ2) is 5.67. The van der Waals surface area contributed by atoms with Crippen molar-refractivity contribution in [3.63, 3.8) is 0 Å². The van der Waals surface area contributed by atoms with Crippen molar-refractivity contribution in [2.24, 2.45) is 11.8 Å². The van der Waals surface area contributed by atoms with Crippen molar-refractivity contribution in [1.82, 2.24) is 5.32 Å². The zero-order valence-corrected chi connectivity index (χ0v) is 8.31. The SMILES string of the molecule is O=C(O)C1CC1C(=O)NCCOCCO. The van der Waals surface area contributed by atoms with Gasteiger partial charge in [0.15, 0.2) is 0 Å². The highest BCUT2D eigenvalue weighted by molar-refractivity contribution is 5.89. The molecule has 2 unspecified atom stereocenters. The molecule has 1 aliphatic carbocycles. The molecule has 1 saturated carbocycles. The predicted molar refractivity (Wildman–Crippen MR) is 50.1 cm³/mol. The minimum absolute atomic E-state index is 0.0440. The van der Waals surface area contributed by atoms with Crippen molar-refractivity contribution in [3.8, 4) is 0 Å². The molecule has 0 aromatic heterocycles. The average Bonchev–Trinajstić information content (AvgIpc) is 2.96. The quantitative estimate of drug-likeness (QED) is 0.467. The summed E-state index contributed by atoms with van der Waals surface area (Å²) in [6, 6.07) is 0. The highest BCUT2D eigenvalue weighted by Gasteiger charge is 2.48. The molecule has 2 atom stereocenters. The summed E-state index contributed by atoms with van der Waals surface area (Å²) in [4.78, 5) is 21.7. The first-order valence-electron chi connectivity index (χ1n) is 4.86. The van der Waals surface area contributed by atoms with Crippen molar-refractivity contribution in [1.29, 1.82) is 0 Å². The van der Waals surface area contributed by atoms with Gasteiger partial charge in [0.1, 0.15) is 0 Å². The van der Waals surface area contributed by atoms with E-state index in [2.05, 4.69) is 5.32 Å². The fraction of sp³-hybridized carbons (Fsp3) is 0.778. The van der Waals surface area contributed by atoms with Gasteiger partial charge in [-0.3, -0.25) is 9.59 Å². The Morgan fingerprint density at radius 2 is 2.07 bits per heavy atom. The Kier molecular flexibility index (Phi) is 4.51. The van der Waals surface area contributed by atoms with Gasteiger partial charge in [0.05, 0.1) is 31.7 Å². The van der Waals surface area contributed by atoms with E-state index in [1.54, 1.807) is 0 Å². The van der Waals surface area contributed by atoms with Gasteiger partial charge < -0.3 is 20.3 Å². The predicted octanol–water partition coefficient (Wildman–Crippen LogP) is -1.17. The summed E-state index contributed by atoms with van der Waals surface area (Å²) in [6.07, 6.45) is 0.429. The number of nitrogens with one attached hydrogen (secondary N) is 1. The highest BCUT2D eigenvalue weighted by atomic mass is 16.5. The zero-order chi connectivity index (χ0) is 11.3. The third kappa shape index (κ3) is 3.85. The van der Waals surface area contributed by atoms with Crippen LogP contribution in [0.25, 0.3) is 0 Å². The van der Waals surface area contributed by atoms with Crippen molar-refractivity contribution in [3.05, 3.63) is 0 Å². The van der Waals surface area contributed by atoms with Crippen LogP contribution in [0.3, 0.4) is 0 Å². The lowest BCUT2D eigenvalue weighted by Crippen LogP contribution is -2.29. The van der Waals surface area contributed by atoms with Gasteiger partial charge in [-0.05, 0) is 6.42 Å². The van der Waals surface area contributed by atoms with Gasteiger partial charge in [-0.2, -0.15) is 0 Å². The topological polar surface area (TPSA) is 95.9 Å². The Hall–Kier alpha value is -1.14. The smallest absolute Gasteiger partial charge is 0.307 e. The number of rotatable bonds is 7. The first kappa shape index (κ1) is 11.9. The highest BCUT2D eigenvalue weighted by Crippen LogP contribution is 2.38. The lowest BCUT2D eigenvalue weighted by molar-refractivity contribution is -0.140. The molecule has 0 aliphatic heterocycles. The van der Waals surface area contributed by atoms with Gasteiger partial charge in [0, 0.05) is 6.54 Å². The molecule has 0 radical (unpaired) electrons. The van der Waals surface area contributed by atoms with Gasteiger partial charge in [0.25, 0.3) is 0 Å². The van der Waals surface area contributed by atoms with Gasteiger partial charge in [-0.25, -0.2) is 0 Å². The monoisotopic (exact) mass is 217 g/mol. The molecule has 1 rings (SSSR count). The molecule has 6 heteroatoms. The molecular weight excluding hydrogens is 202 g/mol. The number of aliphatic carboxylic acids is 1. The van der Waals surface area contributed by atoms with E-state index in [1.165, 1.54) is 0 Å².